The zero-order chi connectivity index (χ0) is 10.7. The van der Waals surface area contributed by atoms with Gasteiger partial charge in [-0.1, -0.05) is 25.2 Å². The topological polar surface area (TPSA) is 41.6 Å². The van der Waals surface area contributed by atoms with E-state index in [1.54, 1.807) is 6.20 Å². The molecular weight excluding hydrogens is 206 g/mol. The maximum Gasteiger partial charge on any atom is 0.130 e. The summed E-state index contributed by atoms with van der Waals surface area (Å²) in [6.07, 6.45) is 2.60. The summed E-state index contributed by atoms with van der Waals surface area (Å²) in [6, 6.07) is 7.61. The van der Waals surface area contributed by atoms with Crippen molar-refractivity contribution in [3.8, 4) is 11.4 Å². The van der Waals surface area contributed by atoms with Crippen LogP contribution in [-0.2, 0) is 6.42 Å². The third-order valence-electron chi connectivity index (χ3n) is 2.07. The van der Waals surface area contributed by atoms with Gasteiger partial charge in [-0.3, -0.25) is 4.98 Å². The highest BCUT2D eigenvalue weighted by Crippen LogP contribution is 2.13. The first-order valence-electron chi connectivity index (χ1n) is 4.81. The normalized spacial score (nSPS) is 10.2. The predicted molar refractivity (Wildman–Crippen MR) is 62.0 cm³/mol. The van der Waals surface area contributed by atoms with Gasteiger partial charge in [-0.25, -0.2) is 4.98 Å². The number of aryl methyl sites for hydroxylation is 1. The minimum Gasteiger partial charge on any atom is -0.342 e. The quantitative estimate of drug-likeness (QED) is 0.786. The second-order valence-corrected chi connectivity index (χ2v) is 3.57. The van der Waals surface area contributed by atoms with Crippen LogP contribution in [0.3, 0.4) is 0 Å². The van der Waals surface area contributed by atoms with E-state index in [0.29, 0.717) is 4.64 Å². The molecule has 0 saturated carbocycles. The molecule has 0 atom stereocenters. The van der Waals surface area contributed by atoms with Crippen LogP contribution in [0.4, 0.5) is 0 Å². The number of hydrogen-bond acceptors (Lipinski definition) is 3. The highest BCUT2D eigenvalue weighted by atomic mass is 32.1. The van der Waals surface area contributed by atoms with E-state index >= 15 is 0 Å². The lowest BCUT2D eigenvalue weighted by Crippen LogP contribution is -1.96. The molecule has 0 aliphatic carbocycles. The molecule has 2 rings (SSSR count). The molecule has 76 valence electrons. The monoisotopic (exact) mass is 217 g/mol. The predicted octanol–water partition coefficient (Wildman–Crippen LogP) is 2.76. The number of aromatic amines is 1. The van der Waals surface area contributed by atoms with Crippen LogP contribution < -0.4 is 0 Å². The van der Waals surface area contributed by atoms with Gasteiger partial charge in [0, 0.05) is 18.7 Å². The van der Waals surface area contributed by atoms with Crippen molar-refractivity contribution in [2.75, 3.05) is 0 Å². The molecule has 4 heteroatoms. The molecule has 2 heterocycles. The molecule has 1 N–H and O–H groups in total. The highest BCUT2D eigenvalue weighted by Gasteiger charge is 2.00. The highest BCUT2D eigenvalue weighted by molar-refractivity contribution is 7.71. The van der Waals surface area contributed by atoms with Crippen molar-refractivity contribution in [2.45, 2.75) is 13.3 Å². The van der Waals surface area contributed by atoms with Crippen LogP contribution in [0.25, 0.3) is 11.4 Å². The summed E-state index contributed by atoms with van der Waals surface area (Å²) >= 11 is 5.09. The van der Waals surface area contributed by atoms with Crippen molar-refractivity contribution in [3.05, 3.63) is 40.9 Å². The lowest BCUT2D eigenvalue weighted by Gasteiger charge is -2.03. The standard InChI is InChI=1S/C11H11N3S/c1-2-10-13-9(7-11(15)14-10)8-5-3-4-6-12-8/h3-7H,2H2,1H3,(H,13,14,15). The van der Waals surface area contributed by atoms with Gasteiger partial charge in [0.25, 0.3) is 0 Å². The molecule has 0 aliphatic heterocycles. The van der Waals surface area contributed by atoms with E-state index in [4.69, 9.17) is 12.2 Å². The molecule has 0 aliphatic rings. The van der Waals surface area contributed by atoms with E-state index in [-0.39, 0.29) is 0 Å². The number of pyridine rings is 1. The van der Waals surface area contributed by atoms with Crippen molar-refractivity contribution >= 4 is 12.2 Å². The van der Waals surface area contributed by atoms with E-state index < -0.39 is 0 Å². The summed E-state index contributed by atoms with van der Waals surface area (Å²) in [5.74, 6) is 0.892. The van der Waals surface area contributed by atoms with Gasteiger partial charge in [0.05, 0.1) is 11.4 Å². The summed E-state index contributed by atoms with van der Waals surface area (Å²) in [4.78, 5) is 11.7. The van der Waals surface area contributed by atoms with Gasteiger partial charge in [-0.05, 0) is 12.1 Å². The molecule has 0 radical (unpaired) electrons. The number of H-pyrrole nitrogens is 1. The van der Waals surface area contributed by atoms with Gasteiger partial charge in [0.2, 0.25) is 0 Å². The van der Waals surface area contributed by atoms with Crippen molar-refractivity contribution in [2.24, 2.45) is 0 Å². The average Bonchev–Trinajstić information content (AvgIpc) is 2.29. The Balaban J connectivity index is 2.54. The molecular formula is C11H11N3S. The first kappa shape index (κ1) is 9.98. The minimum absolute atomic E-state index is 0.603. The molecule has 3 nitrogen and oxygen atoms in total. The fourth-order valence-electron chi connectivity index (χ4n) is 1.34. The number of rotatable bonds is 2. The summed E-state index contributed by atoms with van der Waals surface area (Å²) in [7, 11) is 0. The molecule has 0 bridgehead atoms. The SMILES string of the molecule is CCc1nc(=S)cc(-c2ccccn2)[nH]1. The maximum absolute atomic E-state index is 5.09. The smallest absolute Gasteiger partial charge is 0.130 e. The zero-order valence-corrected chi connectivity index (χ0v) is 9.21. The number of hydrogen-bond donors (Lipinski definition) is 1. The fourth-order valence-corrected chi connectivity index (χ4v) is 1.56. The molecule has 15 heavy (non-hydrogen) atoms. The number of aromatic nitrogens is 3. The molecule has 0 unspecified atom stereocenters. The molecule has 0 fully saturated rings. The minimum atomic E-state index is 0.603. The molecule has 2 aromatic rings. The summed E-state index contributed by atoms with van der Waals surface area (Å²) in [5.41, 5.74) is 1.81. The summed E-state index contributed by atoms with van der Waals surface area (Å²) in [5, 5.41) is 0. The second-order valence-electron chi connectivity index (χ2n) is 3.15. The Hall–Kier alpha value is -1.55. The van der Waals surface area contributed by atoms with Crippen LogP contribution in [-0.4, -0.2) is 15.0 Å². The molecule has 0 amide bonds. The van der Waals surface area contributed by atoms with E-state index in [1.807, 2.05) is 31.2 Å². The van der Waals surface area contributed by atoms with Crippen LogP contribution >= 0.6 is 12.2 Å². The lowest BCUT2D eigenvalue weighted by atomic mass is 10.2. The Kier molecular flexibility index (Phi) is 2.87. The largest absolute Gasteiger partial charge is 0.342 e. The zero-order valence-electron chi connectivity index (χ0n) is 8.40. The molecule has 0 aromatic carbocycles. The Bertz CT molecular complexity index is 505. The van der Waals surface area contributed by atoms with E-state index in [1.165, 1.54) is 0 Å². The number of nitrogens with one attached hydrogen (secondary N) is 1. The maximum atomic E-state index is 5.09. The summed E-state index contributed by atoms with van der Waals surface area (Å²) < 4.78 is 0.603. The van der Waals surface area contributed by atoms with E-state index in [2.05, 4.69) is 15.0 Å². The lowest BCUT2D eigenvalue weighted by molar-refractivity contribution is 0.934. The fraction of sp³-hybridized carbons (Fsp3) is 0.182. The third kappa shape index (κ3) is 2.27. The van der Waals surface area contributed by atoms with Crippen LogP contribution in [0, 0.1) is 4.64 Å². The van der Waals surface area contributed by atoms with Crippen LogP contribution in [0.2, 0.25) is 0 Å². The van der Waals surface area contributed by atoms with Gasteiger partial charge in [0.15, 0.2) is 0 Å². The van der Waals surface area contributed by atoms with Crippen LogP contribution in [0.15, 0.2) is 30.5 Å². The van der Waals surface area contributed by atoms with Gasteiger partial charge < -0.3 is 4.98 Å². The van der Waals surface area contributed by atoms with Gasteiger partial charge in [-0.15, -0.1) is 0 Å². The third-order valence-corrected chi connectivity index (χ3v) is 2.28. The van der Waals surface area contributed by atoms with Crippen molar-refractivity contribution in [1.82, 2.24) is 15.0 Å². The van der Waals surface area contributed by atoms with Crippen LogP contribution in [0.1, 0.15) is 12.7 Å². The van der Waals surface area contributed by atoms with Gasteiger partial charge in [0.1, 0.15) is 10.5 Å². The Morgan fingerprint density at radius 3 is 2.93 bits per heavy atom. The Labute approximate surface area is 93.2 Å². The second kappa shape index (κ2) is 4.31. The van der Waals surface area contributed by atoms with E-state index in [0.717, 1.165) is 23.6 Å². The van der Waals surface area contributed by atoms with Crippen molar-refractivity contribution < 1.29 is 0 Å². The Morgan fingerprint density at radius 1 is 1.40 bits per heavy atom. The average molecular weight is 217 g/mol. The molecule has 2 aromatic heterocycles. The van der Waals surface area contributed by atoms with Gasteiger partial charge in [-0.2, -0.15) is 0 Å². The van der Waals surface area contributed by atoms with Gasteiger partial charge >= 0.3 is 0 Å². The van der Waals surface area contributed by atoms with Crippen molar-refractivity contribution in [1.29, 1.82) is 0 Å². The Morgan fingerprint density at radius 2 is 2.27 bits per heavy atom. The first-order chi connectivity index (χ1) is 7.29. The summed E-state index contributed by atoms with van der Waals surface area (Å²) in [6.45, 7) is 2.04. The van der Waals surface area contributed by atoms with Crippen molar-refractivity contribution in [3.63, 3.8) is 0 Å². The van der Waals surface area contributed by atoms with Crippen LogP contribution in [0.5, 0.6) is 0 Å². The molecule has 0 spiro atoms. The molecule has 0 saturated heterocycles. The van der Waals surface area contributed by atoms with E-state index in [9.17, 15) is 0 Å². The first-order valence-corrected chi connectivity index (χ1v) is 5.22. The number of nitrogens with zero attached hydrogens (tertiary/aromatic N) is 2.